The highest BCUT2D eigenvalue weighted by molar-refractivity contribution is 6.07. The van der Waals surface area contributed by atoms with E-state index >= 15 is 0 Å². The van der Waals surface area contributed by atoms with Crippen LogP contribution in [0.1, 0.15) is 18.5 Å². The molecular formula is C16H23N5O3. The second-order valence-corrected chi connectivity index (χ2v) is 6.29. The first-order valence-corrected chi connectivity index (χ1v) is 8.16. The highest BCUT2D eigenvalue weighted by Crippen LogP contribution is 2.47. The van der Waals surface area contributed by atoms with Crippen molar-refractivity contribution in [2.45, 2.75) is 19.8 Å². The van der Waals surface area contributed by atoms with Crippen LogP contribution in [0.15, 0.2) is 6.07 Å². The van der Waals surface area contributed by atoms with Crippen LogP contribution in [-0.4, -0.2) is 67.0 Å². The van der Waals surface area contributed by atoms with E-state index in [2.05, 4.69) is 15.3 Å². The number of methoxy groups -OCH3 is 1. The minimum absolute atomic E-state index is 0.0516. The molecule has 1 N–H and O–H groups in total. The number of carbonyl (C=O) groups excluding carboxylic acids is 2. The number of aryl methyl sites for hydroxylation is 1. The van der Waals surface area contributed by atoms with Crippen LogP contribution in [0.25, 0.3) is 0 Å². The van der Waals surface area contributed by atoms with Gasteiger partial charge >= 0.3 is 0 Å². The first-order valence-electron chi connectivity index (χ1n) is 8.16. The normalized spacial score (nSPS) is 19.0. The van der Waals surface area contributed by atoms with Gasteiger partial charge in [0, 0.05) is 45.0 Å². The van der Waals surface area contributed by atoms with Crippen molar-refractivity contribution in [3.63, 3.8) is 0 Å². The lowest BCUT2D eigenvalue weighted by molar-refractivity contribution is -0.144. The predicted molar refractivity (Wildman–Crippen MR) is 87.8 cm³/mol. The zero-order valence-electron chi connectivity index (χ0n) is 14.3. The number of ether oxygens (including phenoxy) is 1. The third kappa shape index (κ3) is 2.88. The molecule has 1 aromatic rings. The van der Waals surface area contributed by atoms with Gasteiger partial charge in [-0.2, -0.15) is 4.98 Å². The lowest BCUT2D eigenvalue weighted by Gasteiger charge is -2.36. The number of hydrogen-bond donors (Lipinski definition) is 1. The van der Waals surface area contributed by atoms with E-state index in [9.17, 15) is 9.59 Å². The number of hydrogen-bond acceptors (Lipinski definition) is 6. The third-order valence-electron chi connectivity index (χ3n) is 4.70. The van der Waals surface area contributed by atoms with Gasteiger partial charge in [0.2, 0.25) is 23.6 Å². The summed E-state index contributed by atoms with van der Waals surface area (Å²) in [4.78, 5) is 37.3. The first-order chi connectivity index (χ1) is 11.5. The molecule has 8 nitrogen and oxygen atoms in total. The van der Waals surface area contributed by atoms with Gasteiger partial charge in [0.25, 0.3) is 0 Å². The topological polar surface area (TPSA) is 87.7 Å². The van der Waals surface area contributed by atoms with Crippen molar-refractivity contribution in [2.24, 2.45) is 5.41 Å². The number of aromatic nitrogens is 2. The standard InChI is InChI=1S/C16H23N5O3/c1-11-10-12(24-3)19-15(18-11)21-8-6-20(7-9-21)14(23)16(4-5-16)13(22)17-2/h10H,4-9H2,1-3H3,(H,17,22). The molecule has 8 heteroatoms. The van der Waals surface area contributed by atoms with E-state index in [1.165, 1.54) is 0 Å². The number of nitrogens with one attached hydrogen (secondary N) is 1. The van der Waals surface area contributed by atoms with Gasteiger partial charge in [-0.15, -0.1) is 0 Å². The molecule has 0 atom stereocenters. The number of rotatable bonds is 4. The van der Waals surface area contributed by atoms with E-state index in [4.69, 9.17) is 4.74 Å². The Morgan fingerprint density at radius 1 is 1.21 bits per heavy atom. The molecule has 0 radical (unpaired) electrons. The van der Waals surface area contributed by atoms with Gasteiger partial charge in [0.1, 0.15) is 5.41 Å². The monoisotopic (exact) mass is 333 g/mol. The zero-order valence-corrected chi connectivity index (χ0v) is 14.3. The molecule has 0 aromatic carbocycles. The molecule has 1 aliphatic carbocycles. The van der Waals surface area contributed by atoms with Crippen LogP contribution < -0.4 is 15.0 Å². The molecule has 130 valence electrons. The number of carbonyl (C=O) groups is 2. The number of piperazine rings is 1. The van der Waals surface area contributed by atoms with Crippen LogP contribution in [0.5, 0.6) is 5.88 Å². The highest BCUT2D eigenvalue weighted by Gasteiger charge is 2.57. The Bertz CT molecular complexity index is 651. The highest BCUT2D eigenvalue weighted by atomic mass is 16.5. The predicted octanol–water partition coefficient (Wildman–Crippen LogP) is -0.0316. The molecular weight excluding hydrogens is 310 g/mol. The minimum atomic E-state index is -0.819. The molecule has 0 spiro atoms. The fraction of sp³-hybridized carbons (Fsp3) is 0.625. The summed E-state index contributed by atoms with van der Waals surface area (Å²) in [7, 11) is 3.16. The maximum Gasteiger partial charge on any atom is 0.238 e. The molecule has 2 amide bonds. The van der Waals surface area contributed by atoms with Crippen LogP contribution >= 0.6 is 0 Å². The first kappa shape index (κ1) is 16.5. The van der Waals surface area contributed by atoms with E-state index in [1.807, 2.05) is 11.8 Å². The van der Waals surface area contributed by atoms with Gasteiger partial charge in [-0.1, -0.05) is 0 Å². The van der Waals surface area contributed by atoms with Crippen LogP contribution in [0.4, 0.5) is 5.95 Å². The summed E-state index contributed by atoms with van der Waals surface area (Å²) in [6.45, 7) is 4.31. The Hall–Kier alpha value is -2.38. The van der Waals surface area contributed by atoms with Crippen LogP contribution in [0.2, 0.25) is 0 Å². The lowest BCUT2D eigenvalue weighted by Crippen LogP contribution is -2.53. The molecule has 24 heavy (non-hydrogen) atoms. The van der Waals surface area contributed by atoms with E-state index in [0.29, 0.717) is 50.8 Å². The fourth-order valence-corrected chi connectivity index (χ4v) is 3.09. The molecule has 2 aliphatic rings. The molecule has 1 aromatic heterocycles. The smallest absolute Gasteiger partial charge is 0.238 e. The molecule has 1 saturated heterocycles. The summed E-state index contributed by atoms with van der Waals surface area (Å²) in [6, 6.07) is 1.78. The summed E-state index contributed by atoms with van der Waals surface area (Å²) >= 11 is 0. The van der Waals surface area contributed by atoms with E-state index in [0.717, 1.165) is 5.69 Å². The second kappa shape index (κ2) is 6.26. The number of nitrogens with zero attached hydrogens (tertiary/aromatic N) is 4. The van der Waals surface area contributed by atoms with Crippen LogP contribution in [-0.2, 0) is 9.59 Å². The Kier molecular flexibility index (Phi) is 4.29. The Morgan fingerprint density at radius 3 is 2.42 bits per heavy atom. The summed E-state index contributed by atoms with van der Waals surface area (Å²) in [6.07, 6.45) is 1.29. The molecule has 2 fully saturated rings. The van der Waals surface area contributed by atoms with Crippen molar-refractivity contribution in [3.8, 4) is 5.88 Å². The maximum atomic E-state index is 12.7. The van der Waals surface area contributed by atoms with Gasteiger partial charge < -0.3 is 19.9 Å². The summed E-state index contributed by atoms with van der Waals surface area (Å²) in [5, 5.41) is 2.61. The second-order valence-electron chi connectivity index (χ2n) is 6.29. The minimum Gasteiger partial charge on any atom is -0.481 e. The average Bonchev–Trinajstić information content (AvgIpc) is 3.42. The Morgan fingerprint density at radius 2 is 1.88 bits per heavy atom. The van der Waals surface area contributed by atoms with Crippen molar-refractivity contribution in [2.75, 3.05) is 45.2 Å². The summed E-state index contributed by atoms with van der Waals surface area (Å²) < 4.78 is 5.19. The molecule has 0 bridgehead atoms. The molecule has 2 heterocycles. The summed E-state index contributed by atoms with van der Waals surface area (Å²) in [5.74, 6) is 0.935. The van der Waals surface area contributed by atoms with Gasteiger partial charge in [-0.25, -0.2) is 4.98 Å². The van der Waals surface area contributed by atoms with Gasteiger partial charge in [0.15, 0.2) is 0 Å². The maximum absolute atomic E-state index is 12.7. The van der Waals surface area contributed by atoms with Crippen molar-refractivity contribution < 1.29 is 14.3 Å². The number of anilines is 1. The molecule has 1 aliphatic heterocycles. The average molecular weight is 333 g/mol. The van der Waals surface area contributed by atoms with Crippen molar-refractivity contribution in [3.05, 3.63) is 11.8 Å². The third-order valence-corrected chi connectivity index (χ3v) is 4.70. The lowest BCUT2D eigenvalue weighted by atomic mass is 10.0. The van der Waals surface area contributed by atoms with Gasteiger partial charge in [0.05, 0.1) is 7.11 Å². The zero-order chi connectivity index (χ0) is 17.3. The van der Waals surface area contributed by atoms with E-state index in [1.54, 1.807) is 25.1 Å². The van der Waals surface area contributed by atoms with Crippen molar-refractivity contribution in [1.82, 2.24) is 20.2 Å². The van der Waals surface area contributed by atoms with Crippen molar-refractivity contribution in [1.29, 1.82) is 0 Å². The molecule has 0 unspecified atom stereocenters. The Balaban J connectivity index is 1.65. The largest absolute Gasteiger partial charge is 0.481 e. The van der Waals surface area contributed by atoms with Crippen LogP contribution in [0, 0.1) is 12.3 Å². The molecule has 1 saturated carbocycles. The van der Waals surface area contributed by atoms with E-state index in [-0.39, 0.29) is 11.8 Å². The van der Waals surface area contributed by atoms with Gasteiger partial charge in [-0.05, 0) is 19.8 Å². The molecule has 3 rings (SSSR count). The SMILES string of the molecule is CNC(=O)C1(C(=O)N2CCN(c3nc(C)cc(OC)n3)CC2)CC1. The Labute approximate surface area is 141 Å². The van der Waals surface area contributed by atoms with Crippen LogP contribution in [0.3, 0.4) is 0 Å². The van der Waals surface area contributed by atoms with Gasteiger partial charge in [-0.3, -0.25) is 9.59 Å². The van der Waals surface area contributed by atoms with Crippen molar-refractivity contribution >= 4 is 17.8 Å². The fourth-order valence-electron chi connectivity index (χ4n) is 3.09. The van der Waals surface area contributed by atoms with E-state index < -0.39 is 5.41 Å². The summed E-state index contributed by atoms with van der Waals surface area (Å²) in [5.41, 5.74) is 0.0203. The number of amides is 2. The quantitative estimate of drug-likeness (QED) is 0.779.